The summed E-state index contributed by atoms with van der Waals surface area (Å²) in [5.41, 5.74) is -3.50. The molecular weight excluding hydrogens is 520 g/mol. The van der Waals surface area contributed by atoms with E-state index in [2.05, 4.69) is 0 Å². The normalized spacial score (nSPS) is 52.4. The molecule has 5 aliphatic heterocycles. The van der Waals surface area contributed by atoms with E-state index in [1.165, 1.54) is 0 Å². The summed E-state index contributed by atoms with van der Waals surface area (Å²) in [4.78, 5) is 38.5. The van der Waals surface area contributed by atoms with Crippen LogP contribution in [0, 0.1) is 22.7 Å². The van der Waals surface area contributed by atoms with Crippen LogP contribution in [-0.2, 0) is 38.1 Å². The molecule has 39 heavy (non-hydrogen) atoms. The number of hydrogen-bond acceptors (Lipinski definition) is 13. The highest BCUT2D eigenvalue weighted by atomic mass is 16.7. The SMILES string of the molecule is C[C@@]12C[C@@H](C3=CC(=O)O[C@@H]3O)OC(=O)[C@@H]1CC[C@]1(C)[C@H]2[C@H]2C=C[C@]1(O[C@@H]1O[C@H](CO)[C@@H](O)[C@H](O)[C@H]1O)C(=O)O2. The highest BCUT2D eigenvalue weighted by Gasteiger charge is 2.74. The van der Waals surface area contributed by atoms with E-state index >= 15 is 0 Å². The Bertz CT molecular complexity index is 1150. The molecule has 4 fully saturated rings. The lowest BCUT2D eigenvalue weighted by Gasteiger charge is -2.67. The molecule has 0 aromatic carbocycles. The van der Waals surface area contributed by atoms with Crippen molar-refractivity contribution in [1.82, 2.24) is 0 Å². The second-order valence-electron chi connectivity index (χ2n) is 11.8. The van der Waals surface area contributed by atoms with E-state index in [1.54, 1.807) is 12.2 Å². The van der Waals surface area contributed by atoms with Gasteiger partial charge in [-0.15, -0.1) is 0 Å². The number of cyclic esters (lactones) is 2. The topological polar surface area (TPSA) is 199 Å². The van der Waals surface area contributed by atoms with Crippen LogP contribution in [0.2, 0.25) is 0 Å². The molecule has 5 N–H and O–H groups in total. The third-order valence-corrected chi connectivity index (χ3v) is 9.88. The summed E-state index contributed by atoms with van der Waals surface area (Å²) < 4.78 is 28.1. The fourth-order valence-corrected chi connectivity index (χ4v) is 7.93. The van der Waals surface area contributed by atoms with E-state index in [-0.39, 0.29) is 12.0 Å². The zero-order chi connectivity index (χ0) is 28.1. The maximum Gasteiger partial charge on any atom is 0.343 e. The van der Waals surface area contributed by atoms with Crippen molar-refractivity contribution in [3.05, 3.63) is 23.8 Å². The Morgan fingerprint density at radius 3 is 2.41 bits per heavy atom. The first kappa shape index (κ1) is 26.8. The minimum absolute atomic E-state index is 0.140. The number of ether oxygens (including phenoxy) is 5. The van der Waals surface area contributed by atoms with Crippen LogP contribution in [0.4, 0.5) is 0 Å². The molecule has 0 spiro atoms. The van der Waals surface area contributed by atoms with Gasteiger partial charge in [-0.2, -0.15) is 0 Å². The van der Waals surface area contributed by atoms with Gasteiger partial charge < -0.3 is 49.2 Å². The van der Waals surface area contributed by atoms with E-state index in [1.807, 2.05) is 13.8 Å². The number of aliphatic hydroxyl groups is 5. The zero-order valence-corrected chi connectivity index (χ0v) is 21.3. The largest absolute Gasteiger partial charge is 0.457 e. The van der Waals surface area contributed by atoms with Crippen LogP contribution < -0.4 is 0 Å². The number of aliphatic hydroxyl groups excluding tert-OH is 5. The highest BCUT2D eigenvalue weighted by Crippen LogP contribution is 2.68. The van der Waals surface area contributed by atoms with Crippen molar-refractivity contribution < 1.29 is 63.6 Å². The van der Waals surface area contributed by atoms with Gasteiger partial charge >= 0.3 is 17.9 Å². The fourth-order valence-electron chi connectivity index (χ4n) is 7.93. The Morgan fingerprint density at radius 1 is 1.03 bits per heavy atom. The van der Waals surface area contributed by atoms with Crippen molar-refractivity contribution in [3.63, 3.8) is 0 Å². The van der Waals surface area contributed by atoms with Gasteiger partial charge in [0, 0.05) is 23.0 Å². The Kier molecular flexibility index (Phi) is 6.05. The third kappa shape index (κ3) is 3.54. The molecule has 2 aliphatic carbocycles. The van der Waals surface area contributed by atoms with Crippen molar-refractivity contribution in [2.45, 2.75) is 87.9 Å². The smallest absolute Gasteiger partial charge is 0.343 e. The van der Waals surface area contributed by atoms with E-state index in [9.17, 15) is 39.9 Å². The molecule has 0 unspecified atom stereocenters. The van der Waals surface area contributed by atoms with E-state index in [4.69, 9.17) is 23.7 Å². The summed E-state index contributed by atoms with van der Waals surface area (Å²) in [6.07, 6.45) is -5.88. The maximum atomic E-state index is 13.5. The second kappa shape index (κ2) is 8.80. The lowest BCUT2D eigenvalue weighted by Crippen LogP contribution is -2.75. The molecular formula is C26H32O13. The molecule has 0 aromatic rings. The molecule has 5 heterocycles. The predicted molar refractivity (Wildman–Crippen MR) is 124 cm³/mol. The molecule has 7 aliphatic rings. The average molecular weight is 553 g/mol. The van der Waals surface area contributed by atoms with Gasteiger partial charge in [-0.05, 0) is 36.8 Å². The molecule has 13 heteroatoms. The number of carbonyl (C=O) groups is 3. The maximum absolute atomic E-state index is 13.5. The summed E-state index contributed by atoms with van der Waals surface area (Å²) in [7, 11) is 0. The molecule has 0 aromatic heterocycles. The highest BCUT2D eigenvalue weighted by molar-refractivity contribution is 5.87. The van der Waals surface area contributed by atoms with Crippen molar-refractivity contribution in [2.24, 2.45) is 22.7 Å². The Hall–Kier alpha value is -2.39. The van der Waals surface area contributed by atoms with Crippen LogP contribution >= 0.6 is 0 Å². The lowest BCUT2D eigenvalue weighted by molar-refractivity contribution is -0.350. The molecule has 1 saturated carbocycles. The number of esters is 3. The van der Waals surface area contributed by atoms with Crippen molar-refractivity contribution in [1.29, 1.82) is 0 Å². The van der Waals surface area contributed by atoms with Gasteiger partial charge in [0.15, 0.2) is 11.9 Å². The molecule has 13 atom stereocenters. The van der Waals surface area contributed by atoms with Crippen LogP contribution in [0.3, 0.4) is 0 Å². The number of fused-ring (bicyclic) bond motifs is 2. The van der Waals surface area contributed by atoms with E-state index in [0.717, 1.165) is 6.08 Å². The quantitative estimate of drug-likeness (QED) is 0.149. The molecule has 3 saturated heterocycles. The van der Waals surface area contributed by atoms with Gasteiger partial charge in [0.1, 0.15) is 36.6 Å². The second-order valence-corrected chi connectivity index (χ2v) is 11.8. The molecule has 214 valence electrons. The first-order chi connectivity index (χ1) is 18.4. The predicted octanol–water partition coefficient (Wildman–Crippen LogP) is -1.81. The van der Waals surface area contributed by atoms with Gasteiger partial charge in [0.05, 0.1) is 12.5 Å². The van der Waals surface area contributed by atoms with Gasteiger partial charge in [0.2, 0.25) is 6.29 Å². The average Bonchev–Trinajstić information content (AvgIpc) is 3.22. The van der Waals surface area contributed by atoms with Crippen molar-refractivity contribution >= 4 is 17.9 Å². The zero-order valence-electron chi connectivity index (χ0n) is 21.3. The lowest BCUT2D eigenvalue weighted by atomic mass is 9.42. The summed E-state index contributed by atoms with van der Waals surface area (Å²) in [6, 6.07) is 0. The summed E-state index contributed by atoms with van der Waals surface area (Å²) >= 11 is 0. The van der Waals surface area contributed by atoms with E-state index < -0.39 is 102 Å². The van der Waals surface area contributed by atoms with Crippen LogP contribution in [0.25, 0.3) is 0 Å². The van der Waals surface area contributed by atoms with Crippen LogP contribution in [-0.4, -0.2) is 105 Å². The first-order valence-electron chi connectivity index (χ1n) is 13.1. The number of rotatable bonds is 4. The molecule has 13 nitrogen and oxygen atoms in total. The number of carbonyl (C=O) groups excluding carboxylic acids is 3. The standard InChI is InChI=1S/C26H32O13/c1-24-8-13(10-7-15(28)38-20(10)32)35-21(33)11(24)3-5-25(2)19(24)12-4-6-26(25,23(34)37-12)39-22-18(31)17(30)16(29)14(9-27)36-22/h4,6-7,11-14,16-20,22,27,29-32H,3,5,8-9H2,1-2H3/t11-,12+,13-,14+,16+,17-,18+,19-,20-,22-,24+,25+,26-/m0/s1. The summed E-state index contributed by atoms with van der Waals surface area (Å²) in [6.45, 7) is 3.06. The molecule has 0 radical (unpaired) electrons. The summed E-state index contributed by atoms with van der Waals surface area (Å²) in [5.74, 6) is -3.03. The molecule has 0 amide bonds. The molecule has 7 rings (SSSR count). The van der Waals surface area contributed by atoms with Gasteiger partial charge in [-0.3, -0.25) is 4.79 Å². The first-order valence-corrected chi connectivity index (χ1v) is 13.1. The summed E-state index contributed by atoms with van der Waals surface area (Å²) in [5, 5.41) is 51.0. The Morgan fingerprint density at radius 2 is 1.77 bits per heavy atom. The minimum atomic E-state index is -1.80. The van der Waals surface area contributed by atoms with E-state index in [0.29, 0.717) is 12.8 Å². The minimum Gasteiger partial charge on any atom is -0.457 e. The van der Waals surface area contributed by atoms with Gasteiger partial charge in [-0.1, -0.05) is 13.8 Å². The molecule has 2 bridgehead atoms. The van der Waals surface area contributed by atoms with Gasteiger partial charge in [0.25, 0.3) is 0 Å². The van der Waals surface area contributed by atoms with Crippen LogP contribution in [0.5, 0.6) is 0 Å². The monoisotopic (exact) mass is 552 g/mol. The third-order valence-electron chi connectivity index (χ3n) is 9.88. The van der Waals surface area contributed by atoms with Crippen molar-refractivity contribution in [2.75, 3.05) is 6.61 Å². The van der Waals surface area contributed by atoms with Crippen LogP contribution in [0.1, 0.15) is 33.1 Å². The van der Waals surface area contributed by atoms with Crippen molar-refractivity contribution in [3.8, 4) is 0 Å². The Balaban J connectivity index is 1.37. The van der Waals surface area contributed by atoms with Crippen LogP contribution in [0.15, 0.2) is 23.8 Å². The van der Waals surface area contributed by atoms with Gasteiger partial charge in [-0.25, -0.2) is 9.59 Å². The Labute approximate surface area is 222 Å². The fraction of sp³-hybridized carbons (Fsp3) is 0.731. The number of hydrogen-bond donors (Lipinski definition) is 5.